The van der Waals surface area contributed by atoms with E-state index in [9.17, 15) is 14.4 Å². The summed E-state index contributed by atoms with van der Waals surface area (Å²) in [5.41, 5.74) is -0.596. The van der Waals surface area contributed by atoms with E-state index in [4.69, 9.17) is 4.74 Å². The van der Waals surface area contributed by atoms with E-state index in [1.165, 1.54) is 20.0 Å². The standard InChI is InChI=1S/C12H22N2O5.2C3H8/c1-12(2,3)19-11(17)14-8-9(15)13-7-5-6-10(16)18-4;2*1-3-2/h5-8H2,1-4H3,(H,13,15)(H,14,17);2*3H2,1-2H3. The highest BCUT2D eigenvalue weighted by Gasteiger charge is 2.16. The van der Waals surface area contributed by atoms with Gasteiger partial charge in [0.15, 0.2) is 0 Å². The lowest BCUT2D eigenvalue weighted by Crippen LogP contribution is -2.40. The number of carbonyl (C=O) groups excluding carboxylic acids is 3. The molecule has 0 bridgehead atoms. The molecule has 0 spiro atoms. The molecular weight excluding hydrogens is 324 g/mol. The molecule has 0 aromatic heterocycles. The van der Waals surface area contributed by atoms with Crippen molar-refractivity contribution in [3.8, 4) is 0 Å². The average molecular weight is 363 g/mol. The number of ether oxygens (including phenoxy) is 2. The van der Waals surface area contributed by atoms with Gasteiger partial charge in [-0.05, 0) is 27.2 Å². The van der Waals surface area contributed by atoms with Crippen molar-refractivity contribution in [3.05, 3.63) is 0 Å². The second-order valence-electron chi connectivity index (χ2n) is 6.30. The molecule has 7 heteroatoms. The second kappa shape index (κ2) is 18.5. The zero-order chi connectivity index (χ0) is 20.3. The number of hydrogen-bond acceptors (Lipinski definition) is 5. The smallest absolute Gasteiger partial charge is 0.408 e. The van der Waals surface area contributed by atoms with E-state index in [1.807, 2.05) is 0 Å². The molecule has 0 aliphatic heterocycles. The Hall–Kier alpha value is -1.79. The summed E-state index contributed by atoms with van der Waals surface area (Å²) >= 11 is 0. The van der Waals surface area contributed by atoms with Crippen LogP contribution in [0.1, 0.15) is 74.1 Å². The van der Waals surface area contributed by atoms with Crippen molar-refractivity contribution in [2.24, 2.45) is 0 Å². The van der Waals surface area contributed by atoms with Crippen LogP contribution in [0, 0.1) is 0 Å². The minimum absolute atomic E-state index is 0.160. The number of alkyl carbamates (subject to hydrolysis) is 1. The molecule has 0 heterocycles. The van der Waals surface area contributed by atoms with Gasteiger partial charge in [-0.2, -0.15) is 0 Å². The van der Waals surface area contributed by atoms with Crippen LogP contribution in [-0.2, 0) is 19.1 Å². The quantitative estimate of drug-likeness (QED) is 0.558. The van der Waals surface area contributed by atoms with Gasteiger partial charge < -0.3 is 20.1 Å². The van der Waals surface area contributed by atoms with Gasteiger partial charge in [0, 0.05) is 13.0 Å². The van der Waals surface area contributed by atoms with E-state index in [0.717, 1.165) is 0 Å². The number of carbonyl (C=O) groups is 3. The highest BCUT2D eigenvalue weighted by atomic mass is 16.6. The van der Waals surface area contributed by atoms with Crippen LogP contribution in [0.15, 0.2) is 0 Å². The van der Waals surface area contributed by atoms with Gasteiger partial charge in [-0.25, -0.2) is 4.79 Å². The first kappa shape index (κ1) is 28.0. The average Bonchev–Trinajstić information content (AvgIpc) is 2.49. The van der Waals surface area contributed by atoms with Gasteiger partial charge in [-0.15, -0.1) is 0 Å². The summed E-state index contributed by atoms with van der Waals surface area (Å²) in [4.78, 5) is 33.4. The van der Waals surface area contributed by atoms with Crippen molar-refractivity contribution >= 4 is 18.0 Å². The van der Waals surface area contributed by atoms with Crippen LogP contribution in [0.4, 0.5) is 4.79 Å². The normalized spacial score (nSPS) is 9.44. The zero-order valence-corrected chi connectivity index (χ0v) is 17.3. The molecule has 0 aliphatic carbocycles. The molecule has 2 N–H and O–H groups in total. The summed E-state index contributed by atoms with van der Waals surface area (Å²) in [5.74, 6) is -0.656. The maximum atomic E-state index is 11.3. The molecule has 150 valence electrons. The molecule has 0 rings (SSSR count). The third-order valence-electron chi connectivity index (χ3n) is 1.90. The van der Waals surface area contributed by atoms with E-state index >= 15 is 0 Å². The van der Waals surface area contributed by atoms with Gasteiger partial charge in [0.2, 0.25) is 5.91 Å². The third-order valence-corrected chi connectivity index (χ3v) is 1.90. The molecule has 0 aromatic carbocycles. The van der Waals surface area contributed by atoms with E-state index < -0.39 is 11.7 Å². The van der Waals surface area contributed by atoms with Crippen LogP contribution in [0.3, 0.4) is 0 Å². The topological polar surface area (TPSA) is 93.7 Å². The monoisotopic (exact) mass is 362 g/mol. The molecule has 0 fully saturated rings. The van der Waals surface area contributed by atoms with Gasteiger partial charge in [0.25, 0.3) is 0 Å². The van der Waals surface area contributed by atoms with Crippen molar-refractivity contribution in [2.45, 2.75) is 79.8 Å². The maximum Gasteiger partial charge on any atom is 0.408 e. The molecule has 7 nitrogen and oxygen atoms in total. The van der Waals surface area contributed by atoms with E-state index in [-0.39, 0.29) is 24.8 Å². The summed E-state index contributed by atoms with van der Waals surface area (Å²) in [6.07, 6.45) is 2.60. The first-order valence-electron chi connectivity index (χ1n) is 8.88. The van der Waals surface area contributed by atoms with Gasteiger partial charge in [-0.3, -0.25) is 9.59 Å². The molecule has 2 amide bonds. The minimum Gasteiger partial charge on any atom is -0.469 e. The third kappa shape index (κ3) is 30.6. The van der Waals surface area contributed by atoms with Crippen molar-refractivity contribution in [2.75, 3.05) is 20.2 Å². The van der Waals surface area contributed by atoms with Crippen LogP contribution in [-0.4, -0.2) is 43.8 Å². The van der Waals surface area contributed by atoms with E-state index in [2.05, 4.69) is 43.1 Å². The van der Waals surface area contributed by atoms with E-state index in [0.29, 0.717) is 13.0 Å². The van der Waals surface area contributed by atoms with Gasteiger partial charge >= 0.3 is 12.1 Å². The highest BCUT2D eigenvalue weighted by molar-refractivity contribution is 5.82. The van der Waals surface area contributed by atoms with Crippen LogP contribution >= 0.6 is 0 Å². The van der Waals surface area contributed by atoms with Crippen LogP contribution in [0.2, 0.25) is 0 Å². The van der Waals surface area contributed by atoms with Crippen molar-refractivity contribution in [1.29, 1.82) is 0 Å². The number of methoxy groups -OCH3 is 1. The summed E-state index contributed by atoms with van der Waals surface area (Å²) < 4.78 is 9.43. The lowest BCUT2D eigenvalue weighted by molar-refractivity contribution is -0.140. The first-order chi connectivity index (χ1) is 11.6. The summed E-state index contributed by atoms with van der Waals surface area (Å²) in [5, 5.41) is 4.90. The molecule has 0 aliphatic rings. The van der Waals surface area contributed by atoms with Crippen LogP contribution < -0.4 is 10.6 Å². The largest absolute Gasteiger partial charge is 0.469 e. The zero-order valence-electron chi connectivity index (χ0n) is 17.3. The maximum absolute atomic E-state index is 11.3. The number of esters is 1. The Labute approximate surface area is 153 Å². The molecule has 0 aromatic rings. The first-order valence-corrected chi connectivity index (χ1v) is 8.88. The predicted octanol–water partition coefficient (Wildman–Crippen LogP) is 3.41. The number of hydrogen-bond donors (Lipinski definition) is 2. The SMILES string of the molecule is CCC.CCC.COC(=O)CCCNC(=O)CNC(=O)OC(C)(C)C. The Morgan fingerprint density at radius 2 is 1.40 bits per heavy atom. The summed E-state index contributed by atoms with van der Waals surface area (Å²) in [6, 6.07) is 0. The lowest BCUT2D eigenvalue weighted by Gasteiger charge is -2.19. The number of nitrogens with one attached hydrogen (secondary N) is 2. The lowest BCUT2D eigenvalue weighted by atomic mass is 10.2. The van der Waals surface area contributed by atoms with Crippen LogP contribution in [0.25, 0.3) is 0 Å². The minimum atomic E-state index is -0.641. The number of rotatable bonds is 6. The molecule has 0 saturated carbocycles. The Bertz CT molecular complexity index is 350. The van der Waals surface area contributed by atoms with E-state index in [1.54, 1.807) is 20.8 Å². The van der Waals surface area contributed by atoms with Gasteiger partial charge in [0.05, 0.1) is 13.7 Å². The molecule has 25 heavy (non-hydrogen) atoms. The van der Waals surface area contributed by atoms with Gasteiger partial charge in [-0.1, -0.05) is 40.5 Å². The van der Waals surface area contributed by atoms with Crippen molar-refractivity contribution < 1.29 is 23.9 Å². The molecule has 0 radical (unpaired) electrons. The van der Waals surface area contributed by atoms with Gasteiger partial charge in [0.1, 0.15) is 5.60 Å². The summed E-state index contributed by atoms with van der Waals surface area (Å²) in [6.45, 7) is 13.9. The Kier molecular flexibility index (Phi) is 20.8. The fraction of sp³-hybridized carbons (Fsp3) is 0.833. The van der Waals surface area contributed by atoms with Crippen LogP contribution in [0.5, 0.6) is 0 Å². The second-order valence-corrected chi connectivity index (χ2v) is 6.30. The molecule has 0 atom stereocenters. The Balaban J connectivity index is -0.000000700. The highest BCUT2D eigenvalue weighted by Crippen LogP contribution is 2.05. The van der Waals surface area contributed by atoms with Crippen molar-refractivity contribution in [1.82, 2.24) is 10.6 Å². The Morgan fingerprint density at radius 3 is 1.80 bits per heavy atom. The Morgan fingerprint density at radius 1 is 0.920 bits per heavy atom. The molecule has 0 saturated heterocycles. The van der Waals surface area contributed by atoms with Crippen molar-refractivity contribution in [3.63, 3.8) is 0 Å². The summed E-state index contributed by atoms with van der Waals surface area (Å²) in [7, 11) is 1.31. The predicted molar refractivity (Wildman–Crippen MR) is 100 cm³/mol. The molecular formula is C18H38N2O5. The molecule has 0 unspecified atom stereocenters. The number of amides is 2. The fourth-order valence-corrected chi connectivity index (χ4v) is 1.09. The fourth-order valence-electron chi connectivity index (χ4n) is 1.09.